The van der Waals surface area contributed by atoms with Crippen LogP contribution in [0.25, 0.3) is 0 Å². The summed E-state index contributed by atoms with van der Waals surface area (Å²) in [7, 11) is 0. The maximum Gasteiger partial charge on any atom is 0.238 e. The fraction of sp³-hybridized carbons (Fsp3) is 0.500. The van der Waals surface area contributed by atoms with Gasteiger partial charge in [-0.1, -0.05) is 44.2 Å². The lowest BCUT2D eigenvalue weighted by Crippen LogP contribution is -2.42. The van der Waals surface area contributed by atoms with Gasteiger partial charge in [-0.3, -0.25) is 4.79 Å². The first-order chi connectivity index (χ1) is 8.59. The number of amides is 1. The number of carbonyl (C=O) groups is 1. The van der Waals surface area contributed by atoms with Crippen LogP contribution in [0.3, 0.4) is 0 Å². The first kappa shape index (κ1) is 15.1. The zero-order valence-electron chi connectivity index (χ0n) is 11.1. The van der Waals surface area contributed by atoms with Gasteiger partial charge in [0.25, 0.3) is 0 Å². The van der Waals surface area contributed by atoms with Crippen LogP contribution in [-0.2, 0) is 11.3 Å². The Labute approximate surface area is 114 Å². The molecule has 0 radical (unpaired) electrons. The number of thioether (sulfide) groups is 1. The third-order valence-electron chi connectivity index (χ3n) is 2.39. The molecule has 3 N–H and O–H groups in total. The minimum atomic E-state index is -0.419. The Kier molecular flexibility index (Phi) is 6.83. The molecule has 1 rings (SSSR count). The van der Waals surface area contributed by atoms with Gasteiger partial charge in [-0.2, -0.15) is 11.8 Å². The molecule has 0 saturated heterocycles. The molecule has 4 heteroatoms. The zero-order valence-corrected chi connectivity index (χ0v) is 11.9. The van der Waals surface area contributed by atoms with E-state index in [4.69, 9.17) is 5.73 Å². The third-order valence-corrected chi connectivity index (χ3v) is 3.89. The standard InChI is InChI=1S/C14H22N2OS/c1-11(2)9-18-10-13(15)14(17)16-8-12-6-4-3-5-7-12/h3-7,11,13H,8-10,15H2,1-2H3,(H,16,17). The molecule has 1 aromatic carbocycles. The summed E-state index contributed by atoms with van der Waals surface area (Å²) in [6.07, 6.45) is 0. The summed E-state index contributed by atoms with van der Waals surface area (Å²) >= 11 is 1.73. The summed E-state index contributed by atoms with van der Waals surface area (Å²) in [4.78, 5) is 11.7. The van der Waals surface area contributed by atoms with Gasteiger partial charge in [0.15, 0.2) is 0 Å². The summed E-state index contributed by atoms with van der Waals surface area (Å²) in [5.41, 5.74) is 6.93. The van der Waals surface area contributed by atoms with Crippen molar-refractivity contribution in [3.05, 3.63) is 35.9 Å². The monoisotopic (exact) mass is 266 g/mol. The van der Waals surface area contributed by atoms with Gasteiger partial charge in [0.2, 0.25) is 5.91 Å². The predicted octanol–water partition coefficient (Wildman–Crippen LogP) is 2.02. The molecule has 100 valence electrons. The predicted molar refractivity (Wildman–Crippen MR) is 78.4 cm³/mol. The van der Waals surface area contributed by atoms with Crippen molar-refractivity contribution in [1.82, 2.24) is 5.32 Å². The van der Waals surface area contributed by atoms with E-state index in [-0.39, 0.29) is 5.91 Å². The first-order valence-electron chi connectivity index (χ1n) is 6.24. The summed E-state index contributed by atoms with van der Waals surface area (Å²) < 4.78 is 0. The second kappa shape index (κ2) is 8.16. The van der Waals surface area contributed by atoms with Crippen molar-refractivity contribution < 1.29 is 4.79 Å². The maximum atomic E-state index is 11.7. The van der Waals surface area contributed by atoms with Crippen molar-refractivity contribution in [2.45, 2.75) is 26.4 Å². The van der Waals surface area contributed by atoms with E-state index < -0.39 is 6.04 Å². The van der Waals surface area contributed by atoms with Crippen LogP contribution in [0.4, 0.5) is 0 Å². The Morgan fingerprint density at radius 3 is 2.56 bits per heavy atom. The topological polar surface area (TPSA) is 55.1 Å². The molecule has 0 heterocycles. The van der Waals surface area contributed by atoms with Gasteiger partial charge in [-0.25, -0.2) is 0 Å². The Morgan fingerprint density at radius 2 is 1.94 bits per heavy atom. The number of carbonyl (C=O) groups excluding carboxylic acids is 1. The van der Waals surface area contributed by atoms with E-state index in [0.717, 1.165) is 11.3 Å². The number of hydrogen-bond acceptors (Lipinski definition) is 3. The zero-order chi connectivity index (χ0) is 13.4. The molecule has 0 bridgehead atoms. The SMILES string of the molecule is CC(C)CSCC(N)C(=O)NCc1ccccc1. The number of benzene rings is 1. The van der Waals surface area contributed by atoms with Gasteiger partial charge in [0, 0.05) is 12.3 Å². The molecule has 0 saturated carbocycles. The van der Waals surface area contributed by atoms with Crippen molar-refractivity contribution in [1.29, 1.82) is 0 Å². The lowest BCUT2D eigenvalue weighted by molar-refractivity contribution is -0.122. The molecule has 1 atom stereocenters. The van der Waals surface area contributed by atoms with Gasteiger partial charge >= 0.3 is 0 Å². The maximum absolute atomic E-state index is 11.7. The molecule has 0 aliphatic rings. The van der Waals surface area contributed by atoms with E-state index in [0.29, 0.717) is 18.2 Å². The summed E-state index contributed by atoms with van der Waals surface area (Å²) in [5, 5.41) is 2.86. The van der Waals surface area contributed by atoms with Crippen LogP contribution in [-0.4, -0.2) is 23.5 Å². The molecule has 0 spiro atoms. The summed E-state index contributed by atoms with van der Waals surface area (Å²) in [5.74, 6) is 2.28. The first-order valence-corrected chi connectivity index (χ1v) is 7.40. The average Bonchev–Trinajstić information content (AvgIpc) is 2.36. The minimum absolute atomic E-state index is 0.0740. The Morgan fingerprint density at radius 1 is 1.28 bits per heavy atom. The molecular weight excluding hydrogens is 244 g/mol. The van der Waals surface area contributed by atoms with Crippen LogP contribution in [0.15, 0.2) is 30.3 Å². The number of nitrogens with one attached hydrogen (secondary N) is 1. The Balaban J connectivity index is 2.23. The third kappa shape index (κ3) is 6.07. The Hall–Kier alpha value is -1.00. The molecule has 0 aromatic heterocycles. The fourth-order valence-corrected chi connectivity index (χ4v) is 2.44. The van der Waals surface area contributed by atoms with E-state index in [9.17, 15) is 4.79 Å². The van der Waals surface area contributed by atoms with Gasteiger partial charge in [0.05, 0.1) is 6.04 Å². The quantitative estimate of drug-likeness (QED) is 0.794. The molecular formula is C14H22N2OS. The van der Waals surface area contributed by atoms with Crippen LogP contribution < -0.4 is 11.1 Å². The van der Waals surface area contributed by atoms with Gasteiger partial charge in [0.1, 0.15) is 0 Å². The van der Waals surface area contributed by atoms with Crippen molar-refractivity contribution in [3.8, 4) is 0 Å². The van der Waals surface area contributed by atoms with Crippen LogP contribution in [0, 0.1) is 5.92 Å². The van der Waals surface area contributed by atoms with Gasteiger partial charge in [-0.05, 0) is 17.2 Å². The van der Waals surface area contributed by atoms with Crippen molar-refractivity contribution in [2.24, 2.45) is 11.7 Å². The fourth-order valence-electron chi connectivity index (χ4n) is 1.42. The highest BCUT2D eigenvalue weighted by molar-refractivity contribution is 7.99. The second-order valence-corrected chi connectivity index (χ2v) is 5.82. The molecule has 1 aromatic rings. The van der Waals surface area contributed by atoms with E-state index in [1.807, 2.05) is 30.3 Å². The van der Waals surface area contributed by atoms with Crippen molar-refractivity contribution in [2.75, 3.05) is 11.5 Å². The lowest BCUT2D eigenvalue weighted by atomic mass is 10.2. The minimum Gasteiger partial charge on any atom is -0.351 e. The average molecular weight is 266 g/mol. The van der Waals surface area contributed by atoms with Gasteiger partial charge in [-0.15, -0.1) is 0 Å². The summed E-state index contributed by atoms with van der Waals surface area (Å²) in [6, 6.07) is 9.43. The van der Waals surface area contributed by atoms with Crippen LogP contribution in [0.2, 0.25) is 0 Å². The normalized spacial score (nSPS) is 12.4. The molecule has 0 aliphatic carbocycles. The van der Waals surface area contributed by atoms with Gasteiger partial charge < -0.3 is 11.1 Å². The summed E-state index contributed by atoms with van der Waals surface area (Å²) in [6.45, 7) is 4.87. The molecule has 18 heavy (non-hydrogen) atoms. The van der Waals surface area contributed by atoms with Crippen LogP contribution in [0.1, 0.15) is 19.4 Å². The highest BCUT2D eigenvalue weighted by Crippen LogP contribution is 2.08. The Bertz CT molecular complexity index is 354. The smallest absolute Gasteiger partial charge is 0.238 e. The van der Waals surface area contributed by atoms with Crippen LogP contribution >= 0.6 is 11.8 Å². The van der Waals surface area contributed by atoms with Crippen molar-refractivity contribution in [3.63, 3.8) is 0 Å². The molecule has 3 nitrogen and oxygen atoms in total. The highest BCUT2D eigenvalue weighted by Gasteiger charge is 2.12. The van der Waals surface area contributed by atoms with E-state index in [1.165, 1.54) is 0 Å². The molecule has 0 aliphatic heterocycles. The number of nitrogens with two attached hydrogens (primary N) is 1. The lowest BCUT2D eigenvalue weighted by Gasteiger charge is -2.12. The van der Waals surface area contributed by atoms with Crippen LogP contribution in [0.5, 0.6) is 0 Å². The van der Waals surface area contributed by atoms with E-state index in [2.05, 4.69) is 19.2 Å². The van der Waals surface area contributed by atoms with Crippen molar-refractivity contribution >= 4 is 17.7 Å². The highest BCUT2D eigenvalue weighted by atomic mass is 32.2. The largest absolute Gasteiger partial charge is 0.351 e. The van der Waals surface area contributed by atoms with E-state index >= 15 is 0 Å². The second-order valence-electron chi connectivity index (χ2n) is 4.74. The molecule has 1 unspecified atom stereocenters. The van der Waals surface area contributed by atoms with E-state index in [1.54, 1.807) is 11.8 Å². The molecule has 1 amide bonds. The molecule has 0 fully saturated rings. The number of hydrogen-bond donors (Lipinski definition) is 2. The number of rotatable bonds is 7.